The van der Waals surface area contributed by atoms with Crippen molar-refractivity contribution >= 4 is 10.0 Å². The molecule has 2 rings (SSSR count). The van der Waals surface area contributed by atoms with Gasteiger partial charge >= 0.3 is 0 Å². The Hall–Kier alpha value is -1.75. The average Bonchev–Trinajstić information content (AvgIpc) is 2.76. The molecule has 0 atom stereocenters. The van der Waals surface area contributed by atoms with Crippen LogP contribution in [0.25, 0.3) is 0 Å². The van der Waals surface area contributed by atoms with Gasteiger partial charge in [-0.15, -0.1) is 0 Å². The largest absolute Gasteiger partial charge is 0.497 e. The number of methoxy groups -OCH3 is 1. The second-order valence-corrected chi connectivity index (χ2v) is 5.44. The summed E-state index contributed by atoms with van der Waals surface area (Å²) >= 11 is 0. The predicted octanol–water partition coefficient (Wildman–Crippen LogP) is 2.04. The molecule has 0 amide bonds. The Bertz CT molecular complexity index is 611. The number of nitrogens with zero attached hydrogens (tertiary/aromatic N) is 1. The van der Waals surface area contributed by atoms with Crippen molar-refractivity contribution in [3.05, 3.63) is 48.3 Å². The van der Waals surface area contributed by atoms with Crippen molar-refractivity contribution < 1.29 is 13.2 Å². The summed E-state index contributed by atoms with van der Waals surface area (Å²) in [5.74, 6) is 0.633. The molecule has 0 aliphatic heterocycles. The molecular weight excluding hydrogens is 238 g/mol. The Morgan fingerprint density at radius 3 is 2.24 bits per heavy atom. The molecule has 0 aliphatic rings. The van der Waals surface area contributed by atoms with Crippen molar-refractivity contribution in [3.63, 3.8) is 0 Å². The van der Waals surface area contributed by atoms with Gasteiger partial charge in [0.1, 0.15) is 5.75 Å². The fraction of sp³-hybridized carbons (Fsp3) is 0.167. The highest BCUT2D eigenvalue weighted by Gasteiger charge is 2.17. The van der Waals surface area contributed by atoms with Gasteiger partial charge in [-0.2, -0.15) is 0 Å². The minimum absolute atomic E-state index is 0.248. The Labute approximate surface area is 101 Å². The number of ether oxygens (including phenoxy) is 1. The molecular formula is C12H13NO3S. The Morgan fingerprint density at radius 1 is 1.12 bits per heavy atom. The quantitative estimate of drug-likeness (QED) is 0.838. The lowest BCUT2D eigenvalue weighted by atomic mass is 10.3. The van der Waals surface area contributed by atoms with E-state index in [1.165, 1.54) is 22.3 Å². The highest BCUT2D eigenvalue weighted by atomic mass is 32.2. The van der Waals surface area contributed by atoms with Crippen LogP contribution >= 0.6 is 0 Å². The van der Waals surface area contributed by atoms with Crippen LogP contribution in [-0.2, 0) is 10.0 Å². The highest BCUT2D eigenvalue weighted by molar-refractivity contribution is 7.90. The van der Waals surface area contributed by atoms with Crippen molar-refractivity contribution in [2.75, 3.05) is 7.11 Å². The van der Waals surface area contributed by atoms with Crippen molar-refractivity contribution in [2.45, 2.75) is 11.8 Å². The molecule has 0 unspecified atom stereocenters. The number of hydrogen-bond donors (Lipinski definition) is 0. The highest BCUT2D eigenvalue weighted by Crippen LogP contribution is 2.19. The first-order valence-electron chi connectivity index (χ1n) is 5.09. The lowest BCUT2D eigenvalue weighted by molar-refractivity contribution is 0.414. The maximum atomic E-state index is 12.2. The molecule has 2 aromatic rings. The zero-order valence-corrected chi connectivity index (χ0v) is 10.4. The third-order valence-corrected chi connectivity index (χ3v) is 4.32. The van der Waals surface area contributed by atoms with Crippen LogP contribution in [0.3, 0.4) is 0 Å². The maximum absolute atomic E-state index is 12.2. The monoisotopic (exact) mass is 251 g/mol. The topological polar surface area (TPSA) is 48.3 Å². The van der Waals surface area contributed by atoms with E-state index in [9.17, 15) is 8.42 Å². The molecule has 0 radical (unpaired) electrons. The van der Waals surface area contributed by atoms with Gasteiger partial charge in [-0.25, -0.2) is 12.4 Å². The lowest BCUT2D eigenvalue weighted by Gasteiger charge is -2.08. The molecule has 1 aromatic carbocycles. The maximum Gasteiger partial charge on any atom is 0.267 e. The molecule has 1 heterocycles. The van der Waals surface area contributed by atoms with Gasteiger partial charge in [0.25, 0.3) is 10.0 Å². The first kappa shape index (κ1) is 11.7. The van der Waals surface area contributed by atoms with E-state index in [1.807, 2.05) is 0 Å². The van der Waals surface area contributed by atoms with Gasteiger partial charge in [0.15, 0.2) is 0 Å². The van der Waals surface area contributed by atoms with Crippen molar-refractivity contribution in [3.8, 4) is 5.75 Å². The minimum atomic E-state index is -3.49. The number of hydrogen-bond acceptors (Lipinski definition) is 3. The molecule has 0 saturated carbocycles. The van der Waals surface area contributed by atoms with Gasteiger partial charge in [-0.05, 0) is 43.3 Å². The zero-order chi connectivity index (χ0) is 12.5. The SMILES string of the molecule is COc1ccc(S(=O)(=O)n2cccc2C)cc1. The molecule has 0 N–H and O–H groups in total. The van der Waals surface area contributed by atoms with Gasteiger partial charge in [-0.3, -0.25) is 0 Å². The van der Waals surface area contributed by atoms with Crippen LogP contribution < -0.4 is 4.74 Å². The predicted molar refractivity (Wildman–Crippen MR) is 64.7 cm³/mol. The summed E-state index contributed by atoms with van der Waals surface area (Å²) < 4.78 is 30.7. The summed E-state index contributed by atoms with van der Waals surface area (Å²) in [5, 5.41) is 0. The van der Waals surface area contributed by atoms with Crippen LogP contribution in [0, 0.1) is 6.92 Å². The van der Waals surface area contributed by atoms with Crippen LogP contribution in [-0.4, -0.2) is 19.5 Å². The van der Waals surface area contributed by atoms with Crippen molar-refractivity contribution in [1.29, 1.82) is 0 Å². The average molecular weight is 251 g/mol. The summed E-state index contributed by atoms with van der Waals surface area (Å²) in [6.45, 7) is 1.75. The molecule has 4 nitrogen and oxygen atoms in total. The minimum Gasteiger partial charge on any atom is -0.497 e. The van der Waals surface area contributed by atoms with Gasteiger partial charge in [-0.1, -0.05) is 0 Å². The van der Waals surface area contributed by atoms with Gasteiger partial charge in [0.05, 0.1) is 12.0 Å². The lowest BCUT2D eigenvalue weighted by Crippen LogP contribution is -2.13. The molecule has 5 heteroatoms. The normalized spacial score (nSPS) is 11.4. The van der Waals surface area contributed by atoms with E-state index in [-0.39, 0.29) is 4.90 Å². The van der Waals surface area contributed by atoms with Crippen LogP contribution in [0.1, 0.15) is 5.69 Å². The second-order valence-electron chi connectivity index (χ2n) is 3.63. The fourth-order valence-electron chi connectivity index (χ4n) is 1.58. The van der Waals surface area contributed by atoms with Crippen LogP contribution in [0.4, 0.5) is 0 Å². The van der Waals surface area contributed by atoms with Gasteiger partial charge in [0.2, 0.25) is 0 Å². The first-order valence-corrected chi connectivity index (χ1v) is 6.53. The third kappa shape index (κ3) is 2.06. The summed E-state index contributed by atoms with van der Waals surface area (Å²) in [6.07, 6.45) is 1.54. The summed E-state index contributed by atoms with van der Waals surface area (Å²) in [7, 11) is -1.95. The number of rotatable bonds is 3. The Morgan fingerprint density at radius 2 is 1.76 bits per heavy atom. The number of aromatic nitrogens is 1. The fourth-order valence-corrected chi connectivity index (χ4v) is 2.96. The van der Waals surface area contributed by atoms with E-state index >= 15 is 0 Å². The summed E-state index contributed by atoms with van der Waals surface area (Å²) in [5.41, 5.74) is 0.681. The molecule has 1 aromatic heterocycles. The van der Waals surface area contributed by atoms with Gasteiger partial charge in [0, 0.05) is 11.9 Å². The Balaban J connectivity index is 2.49. The van der Waals surface area contributed by atoms with Gasteiger partial charge < -0.3 is 4.74 Å². The molecule has 0 fully saturated rings. The second kappa shape index (κ2) is 4.25. The first-order chi connectivity index (χ1) is 8.05. The zero-order valence-electron chi connectivity index (χ0n) is 9.62. The van der Waals surface area contributed by atoms with Crippen LogP contribution in [0.15, 0.2) is 47.5 Å². The van der Waals surface area contributed by atoms with Crippen LogP contribution in [0.2, 0.25) is 0 Å². The number of aryl methyl sites for hydroxylation is 1. The Kier molecular flexibility index (Phi) is 2.93. The van der Waals surface area contributed by atoms with E-state index in [2.05, 4.69) is 0 Å². The van der Waals surface area contributed by atoms with Crippen LogP contribution in [0.5, 0.6) is 5.75 Å². The molecule has 0 bridgehead atoms. The molecule has 0 aliphatic carbocycles. The summed E-state index contributed by atoms with van der Waals surface area (Å²) in [4.78, 5) is 0.248. The van der Waals surface area contributed by atoms with E-state index < -0.39 is 10.0 Å². The molecule has 0 spiro atoms. The van der Waals surface area contributed by atoms with E-state index in [4.69, 9.17) is 4.74 Å². The molecule has 17 heavy (non-hydrogen) atoms. The van der Waals surface area contributed by atoms with E-state index in [0.29, 0.717) is 11.4 Å². The third-order valence-electron chi connectivity index (χ3n) is 2.52. The summed E-state index contributed by atoms with van der Waals surface area (Å²) in [6, 6.07) is 9.79. The molecule has 90 valence electrons. The van der Waals surface area contributed by atoms with E-state index in [1.54, 1.807) is 38.3 Å². The standard InChI is InChI=1S/C12H13NO3S/c1-10-4-3-9-13(10)17(14,15)12-7-5-11(16-2)6-8-12/h3-9H,1-2H3. The molecule has 0 saturated heterocycles. The van der Waals surface area contributed by atoms with E-state index in [0.717, 1.165) is 0 Å². The number of benzene rings is 1. The van der Waals surface area contributed by atoms with Crippen molar-refractivity contribution in [2.24, 2.45) is 0 Å². The van der Waals surface area contributed by atoms with Crippen molar-refractivity contribution in [1.82, 2.24) is 3.97 Å². The smallest absolute Gasteiger partial charge is 0.267 e.